The Bertz CT molecular complexity index is 1280. The van der Waals surface area contributed by atoms with E-state index in [1.165, 1.54) is 54.8 Å². The molecule has 0 aliphatic heterocycles. The van der Waals surface area contributed by atoms with E-state index in [4.69, 9.17) is 0 Å². The summed E-state index contributed by atoms with van der Waals surface area (Å²) >= 11 is 1.03. The fourth-order valence-corrected chi connectivity index (χ4v) is 3.59. The summed E-state index contributed by atoms with van der Waals surface area (Å²) in [7, 11) is 0. The number of carbonyl (C=O) groups excluding carboxylic acids is 2. The van der Waals surface area contributed by atoms with Gasteiger partial charge in [-0.1, -0.05) is 24.3 Å². The number of rotatable bonds is 6. The largest absolute Gasteiger partial charge is 0.478 e. The first-order chi connectivity index (χ1) is 15.3. The van der Waals surface area contributed by atoms with E-state index in [1.807, 2.05) is 0 Å². The SMILES string of the molecule is CC(=O)N(c1nc(/C=C(\C#N)C(=O)Nc2ccccc2C(=O)O)cs1)c1ccccc1F. The van der Waals surface area contributed by atoms with Crippen LogP contribution >= 0.6 is 11.3 Å². The molecule has 0 radical (unpaired) electrons. The summed E-state index contributed by atoms with van der Waals surface area (Å²) in [6.45, 7) is 1.26. The van der Waals surface area contributed by atoms with Crippen molar-refractivity contribution in [3.05, 3.63) is 76.6 Å². The molecular weight excluding hydrogens is 435 g/mol. The molecule has 0 unspecified atom stereocenters. The number of nitriles is 1. The highest BCUT2D eigenvalue weighted by molar-refractivity contribution is 7.14. The summed E-state index contributed by atoms with van der Waals surface area (Å²) in [5.74, 6) is -3.13. The van der Waals surface area contributed by atoms with Gasteiger partial charge in [-0.05, 0) is 30.3 Å². The van der Waals surface area contributed by atoms with E-state index in [1.54, 1.807) is 18.2 Å². The highest BCUT2D eigenvalue weighted by Crippen LogP contribution is 2.31. The van der Waals surface area contributed by atoms with Crippen molar-refractivity contribution in [2.24, 2.45) is 0 Å². The molecule has 1 aromatic heterocycles. The van der Waals surface area contributed by atoms with Crippen molar-refractivity contribution in [3.8, 4) is 6.07 Å². The number of carboxylic acid groups (broad SMARTS) is 1. The summed E-state index contributed by atoms with van der Waals surface area (Å²) in [5.41, 5.74) is -0.204. The maximum Gasteiger partial charge on any atom is 0.337 e. The van der Waals surface area contributed by atoms with E-state index in [2.05, 4.69) is 10.3 Å². The van der Waals surface area contributed by atoms with E-state index in [9.17, 15) is 29.1 Å². The minimum absolute atomic E-state index is 0.0217. The third kappa shape index (κ3) is 4.85. The lowest BCUT2D eigenvalue weighted by atomic mass is 10.1. The fraction of sp³-hybridized carbons (Fsp3) is 0.0455. The molecule has 2 amide bonds. The van der Waals surface area contributed by atoms with Gasteiger partial charge in [-0.15, -0.1) is 11.3 Å². The number of benzene rings is 2. The highest BCUT2D eigenvalue weighted by atomic mass is 32.1. The Morgan fingerprint density at radius 2 is 1.88 bits per heavy atom. The van der Waals surface area contributed by atoms with Crippen LogP contribution in [0.1, 0.15) is 23.0 Å². The minimum Gasteiger partial charge on any atom is -0.478 e. The molecule has 0 saturated carbocycles. The van der Waals surface area contributed by atoms with Crippen molar-refractivity contribution in [1.29, 1.82) is 5.26 Å². The molecular formula is C22H15FN4O4S. The molecule has 2 aromatic carbocycles. The van der Waals surface area contributed by atoms with Gasteiger partial charge in [0.15, 0.2) is 5.13 Å². The van der Waals surface area contributed by atoms with Gasteiger partial charge in [-0.3, -0.25) is 14.5 Å². The summed E-state index contributed by atoms with van der Waals surface area (Å²) in [5, 5.41) is 22.7. The number of carbonyl (C=O) groups is 3. The van der Waals surface area contributed by atoms with Crippen molar-refractivity contribution in [3.63, 3.8) is 0 Å². The van der Waals surface area contributed by atoms with E-state index in [-0.39, 0.29) is 33.3 Å². The van der Waals surface area contributed by atoms with E-state index < -0.39 is 23.6 Å². The van der Waals surface area contributed by atoms with Crippen LogP contribution in [0.5, 0.6) is 0 Å². The lowest BCUT2D eigenvalue weighted by Gasteiger charge is -2.18. The molecule has 1 heterocycles. The fourth-order valence-electron chi connectivity index (χ4n) is 2.75. The number of aromatic carboxylic acids is 1. The van der Waals surface area contributed by atoms with Crippen LogP contribution in [-0.2, 0) is 9.59 Å². The number of carboxylic acids is 1. The van der Waals surface area contributed by atoms with Gasteiger partial charge in [0.25, 0.3) is 5.91 Å². The highest BCUT2D eigenvalue weighted by Gasteiger charge is 2.21. The number of halogens is 1. The van der Waals surface area contributed by atoms with Crippen LogP contribution in [0.4, 0.5) is 20.9 Å². The molecule has 8 nitrogen and oxygen atoms in total. The third-order valence-corrected chi connectivity index (χ3v) is 5.02. The topological polar surface area (TPSA) is 123 Å². The molecule has 0 bridgehead atoms. The second-order valence-electron chi connectivity index (χ2n) is 6.34. The molecule has 0 aliphatic carbocycles. The van der Waals surface area contributed by atoms with E-state index in [0.717, 1.165) is 16.2 Å². The van der Waals surface area contributed by atoms with Crippen molar-refractivity contribution < 1.29 is 23.9 Å². The first-order valence-electron chi connectivity index (χ1n) is 9.08. The summed E-state index contributed by atoms with van der Waals surface area (Å²) in [6.07, 6.45) is 1.19. The van der Waals surface area contributed by atoms with E-state index >= 15 is 0 Å². The zero-order valence-corrected chi connectivity index (χ0v) is 17.4. The van der Waals surface area contributed by atoms with Gasteiger partial charge in [-0.2, -0.15) is 5.26 Å². The average molecular weight is 450 g/mol. The number of amides is 2. The molecule has 32 heavy (non-hydrogen) atoms. The van der Waals surface area contributed by atoms with Crippen LogP contribution < -0.4 is 10.2 Å². The summed E-state index contributed by atoms with van der Waals surface area (Å²) in [4.78, 5) is 41.2. The molecule has 2 N–H and O–H groups in total. The minimum atomic E-state index is -1.23. The maximum absolute atomic E-state index is 14.2. The molecule has 160 valence electrons. The molecule has 10 heteroatoms. The Balaban J connectivity index is 1.89. The third-order valence-electron chi connectivity index (χ3n) is 4.17. The number of nitrogens with one attached hydrogen (secondary N) is 1. The van der Waals surface area contributed by atoms with Crippen LogP contribution in [0.2, 0.25) is 0 Å². The van der Waals surface area contributed by atoms with Gasteiger partial charge >= 0.3 is 5.97 Å². The standard InChI is InChI=1S/C22H15FN4O4S/c1-13(28)27(19-9-5-3-7-17(19)23)22-25-15(12-32-22)10-14(11-24)20(29)26-18-8-4-2-6-16(18)21(30)31/h2-10,12H,1H3,(H,26,29)(H,30,31)/b14-10+. The van der Waals surface area contributed by atoms with Gasteiger partial charge in [0.2, 0.25) is 5.91 Å². The summed E-state index contributed by atoms with van der Waals surface area (Å²) < 4.78 is 14.2. The molecule has 3 rings (SSSR count). The first kappa shape index (κ1) is 22.3. The van der Waals surface area contributed by atoms with Crippen molar-refractivity contribution in [2.75, 3.05) is 10.2 Å². The number of anilines is 3. The second kappa shape index (κ2) is 9.63. The van der Waals surface area contributed by atoms with Crippen molar-refractivity contribution in [2.45, 2.75) is 6.92 Å². The lowest BCUT2D eigenvalue weighted by molar-refractivity contribution is -0.116. The Morgan fingerprint density at radius 3 is 2.53 bits per heavy atom. The maximum atomic E-state index is 14.2. The van der Waals surface area contributed by atoms with Gasteiger partial charge < -0.3 is 10.4 Å². The van der Waals surface area contributed by atoms with Crippen molar-refractivity contribution in [1.82, 2.24) is 4.98 Å². The normalized spacial score (nSPS) is 10.8. The van der Waals surface area contributed by atoms with Gasteiger partial charge in [-0.25, -0.2) is 14.2 Å². The van der Waals surface area contributed by atoms with Gasteiger partial charge in [0.05, 0.1) is 22.6 Å². The Kier molecular flexibility index (Phi) is 6.72. The number of nitrogens with zero attached hydrogens (tertiary/aromatic N) is 3. The molecule has 0 atom stereocenters. The average Bonchev–Trinajstić information content (AvgIpc) is 3.21. The Hall–Kier alpha value is -4.36. The predicted molar refractivity (Wildman–Crippen MR) is 117 cm³/mol. The second-order valence-corrected chi connectivity index (χ2v) is 7.17. The Morgan fingerprint density at radius 1 is 1.19 bits per heavy atom. The van der Waals surface area contributed by atoms with Crippen LogP contribution in [0, 0.1) is 17.1 Å². The predicted octanol–water partition coefficient (Wildman–Crippen LogP) is 4.21. The number of para-hydroxylation sites is 2. The quantitative estimate of drug-likeness (QED) is 0.428. The number of hydrogen-bond donors (Lipinski definition) is 2. The van der Waals surface area contributed by atoms with Crippen molar-refractivity contribution >= 4 is 51.7 Å². The molecule has 0 saturated heterocycles. The van der Waals surface area contributed by atoms with Crippen LogP contribution in [0.15, 0.2) is 59.5 Å². The first-order valence-corrected chi connectivity index (χ1v) is 9.96. The van der Waals surface area contributed by atoms with Gasteiger partial charge in [0, 0.05) is 12.3 Å². The molecule has 0 aliphatic rings. The smallest absolute Gasteiger partial charge is 0.337 e. The van der Waals surface area contributed by atoms with E-state index in [0.29, 0.717) is 0 Å². The lowest BCUT2D eigenvalue weighted by Crippen LogP contribution is -2.23. The molecule has 0 spiro atoms. The van der Waals surface area contributed by atoms with Gasteiger partial charge in [0.1, 0.15) is 17.5 Å². The Labute approximate surface area is 185 Å². The van der Waals surface area contributed by atoms with Crippen LogP contribution in [0.25, 0.3) is 6.08 Å². The molecule has 0 fully saturated rings. The summed E-state index contributed by atoms with van der Waals surface area (Å²) in [6, 6.07) is 13.2. The van der Waals surface area contributed by atoms with Crippen LogP contribution in [0.3, 0.4) is 0 Å². The molecule has 3 aromatic rings. The zero-order valence-electron chi connectivity index (χ0n) is 16.6. The number of hydrogen-bond acceptors (Lipinski definition) is 6. The van der Waals surface area contributed by atoms with Crippen LogP contribution in [-0.4, -0.2) is 27.9 Å². The monoisotopic (exact) mass is 450 g/mol. The number of aromatic nitrogens is 1. The number of thiazole rings is 1. The zero-order chi connectivity index (χ0) is 23.3.